The van der Waals surface area contributed by atoms with E-state index in [-0.39, 0.29) is 51.2 Å². The highest BCUT2D eigenvalue weighted by atomic mass is 16.2. The summed E-state index contributed by atoms with van der Waals surface area (Å²) in [4.78, 5) is 28.7. The zero-order chi connectivity index (χ0) is 25.1. The fourth-order valence-electron chi connectivity index (χ4n) is 9.90. The van der Waals surface area contributed by atoms with Gasteiger partial charge in [-0.1, -0.05) is 93.6 Å². The number of hydrogen-bond acceptors (Lipinski definition) is 2. The highest BCUT2D eigenvalue weighted by Gasteiger charge is 2.70. The van der Waals surface area contributed by atoms with Crippen LogP contribution in [0.25, 0.3) is 16.8 Å². The first-order valence-electron chi connectivity index (χ1n) is 13.8. The van der Waals surface area contributed by atoms with E-state index in [1.807, 2.05) is 9.36 Å². The topological polar surface area (TPSA) is 48.9 Å². The number of allylic oxidation sites excluding steroid dienone is 5. The van der Waals surface area contributed by atoms with Crippen molar-refractivity contribution in [2.45, 2.75) is 63.6 Å². The van der Waals surface area contributed by atoms with E-state index in [2.05, 4.69) is 93.6 Å². The van der Waals surface area contributed by atoms with Crippen molar-refractivity contribution in [2.75, 3.05) is 0 Å². The SMILES string of the molecule is CC1(C)[C@@H]2CC[C@@]1(C)[C@H](n1c(=O)n3n(c1=O)[C@@H]1C=C[C@@H]3[C@@]34C=Cc5ccc6ccccc6c5[C@@]13C=C4)C2. The largest absolute Gasteiger partial charge is 0.348 e. The van der Waals surface area contributed by atoms with Gasteiger partial charge >= 0.3 is 11.4 Å². The van der Waals surface area contributed by atoms with Gasteiger partial charge in [0, 0.05) is 11.5 Å². The molecule has 0 radical (unpaired) electrons. The van der Waals surface area contributed by atoms with E-state index in [0.717, 1.165) is 12.8 Å². The molecule has 2 saturated carbocycles. The van der Waals surface area contributed by atoms with Crippen LogP contribution in [0.15, 0.2) is 76.4 Å². The summed E-state index contributed by atoms with van der Waals surface area (Å²) in [6.45, 7) is 7.01. The highest BCUT2D eigenvalue weighted by molar-refractivity contribution is 5.93. The second kappa shape index (κ2) is 5.87. The molecule has 7 atom stereocenters. The summed E-state index contributed by atoms with van der Waals surface area (Å²) in [6, 6.07) is 12.5. The lowest BCUT2D eigenvalue weighted by Crippen LogP contribution is -2.66. The molecule has 186 valence electrons. The summed E-state index contributed by atoms with van der Waals surface area (Å²) in [5.74, 6) is 0.560. The summed E-state index contributed by atoms with van der Waals surface area (Å²) < 4.78 is 5.32. The summed E-state index contributed by atoms with van der Waals surface area (Å²) >= 11 is 0. The minimum atomic E-state index is -0.377. The Morgan fingerprint density at radius 3 is 2.32 bits per heavy atom. The number of nitrogens with zero attached hydrogens (tertiary/aromatic N) is 3. The zero-order valence-electron chi connectivity index (χ0n) is 21.5. The molecule has 0 amide bonds. The van der Waals surface area contributed by atoms with Crippen molar-refractivity contribution >= 4 is 16.8 Å². The minimum Gasteiger partial charge on any atom is -0.246 e. The molecule has 5 heteroatoms. The number of aromatic nitrogens is 3. The number of fused-ring (bicyclic) bond motifs is 5. The highest BCUT2D eigenvalue weighted by Crippen LogP contribution is 2.72. The third-order valence-electron chi connectivity index (χ3n) is 12.3. The third-order valence-corrected chi connectivity index (χ3v) is 12.3. The second-order valence-corrected chi connectivity index (χ2v) is 13.2. The Balaban J connectivity index is 1.33. The van der Waals surface area contributed by atoms with E-state index in [4.69, 9.17) is 0 Å². The molecule has 0 spiro atoms. The van der Waals surface area contributed by atoms with E-state index in [9.17, 15) is 9.59 Å². The Morgan fingerprint density at radius 2 is 1.62 bits per heavy atom. The summed E-state index contributed by atoms with van der Waals surface area (Å²) in [6.07, 6.45) is 16.7. The maximum Gasteiger partial charge on any atom is 0.348 e. The molecule has 0 N–H and O–H groups in total. The van der Waals surface area contributed by atoms with Crippen LogP contribution in [0.2, 0.25) is 0 Å². The van der Waals surface area contributed by atoms with Gasteiger partial charge in [-0.3, -0.25) is 0 Å². The van der Waals surface area contributed by atoms with Crippen LogP contribution in [-0.2, 0) is 5.41 Å². The van der Waals surface area contributed by atoms with Crippen molar-refractivity contribution in [3.63, 3.8) is 0 Å². The van der Waals surface area contributed by atoms with Gasteiger partial charge in [0.05, 0.1) is 17.5 Å². The zero-order valence-corrected chi connectivity index (χ0v) is 21.5. The Kier molecular flexibility index (Phi) is 3.28. The molecule has 0 unspecified atom stereocenters. The summed E-state index contributed by atoms with van der Waals surface area (Å²) in [5, 5.41) is 2.45. The van der Waals surface area contributed by atoms with Crippen molar-refractivity contribution < 1.29 is 0 Å². The van der Waals surface area contributed by atoms with Crippen molar-refractivity contribution in [3.8, 4) is 0 Å². The molecule has 2 aliphatic heterocycles. The van der Waals surface area contributed by atoms with Crippen LogP contribution in [0, 0.1) is 22.2 Å². The van der Waals surface area contributed by atoms with E-state index < -0.39 is 0 Å². The van der Waals surface area contributed by atoms with Gasteiger partial charge in [0.2, 0.25) is 0 Å². The van der Waals surface area contributed by atoms with Crippen LogP contribution >= 0.6 is 0 Å². The molecular formula is C32H31N3O2. The molecule has 1 aromatic heterocycles. The van der Waals surface area contributed by atoms with Crippen LogP contribution in [0.3, 0.4) is 0 Å². The predicted octanol–water partition coefficient (Wildman–Crippen LogP) is 5.54. The van der Waals surface area contributed by atoms with E-state index in [1.165, 1.54) is 28.3 Å². The molecule has 2 fully saturated rings. The van der Waals surface area contributed by atoms with Crippen LogP contribution < -0.4 is 11.4 Å². The molecule has 3 heterocycles. The molecule has 3 aromatic rings. The molecule has 4 bridgehead atoms. The Bertz CT molecular complexity index is 1800. The van der Waals surface area contributed by atoms with Crippen molar-refractivity contribution in [1.29, 1.82) is 0 Å². The Hall–Kier alpha value is -3.34. The van der Waals surface area contributed by atoms with Gasteiger partial charge in [-0.25, -0.2) is 23.5 Å². The lowest BCUT2D eigenvalue weighted by atomic mass is 9.42. The Labute approximate surface area is 215 Å². The first-order chi connectivity index (χ1) is 17.8. The second-order valence-electron chi connectivity index (χ2n) is 13.2. The smallest absolute Gasteiger partial charge is 0.246 e. The quantitative estimate of drug-likeness (QED) is 0.422. The molecule has 7 aliphatic rings. The number of rotatable bonds is 1. The van der Waals surface area contributed by atoms with E-state index in [1.54, 1.807) is 4.57 Å². The van der Waals surface area contributed by atoms with Crippen LogP contribution in [0.5, 0.6) is 0 Å². The number of hydrogen-bond donors (Lipinski definition) is 0. The van der Waals surface area contributed by atoms with E-state index in [0.29, 0.717) is 5.92 Å². The average Bonchev–Trinajstić information content (AvgIpc) is 3.36. The average molecular weight is 490 g/mol. The fraction of sp³-hybridized carbons (Fsp3) is 0.438. The van der Waals surface area contributed by atoms with Gasteiger partial charge < -0.3 is 0 Å². The van der Waals surface area contributed by atoms with Crippen molar-refractivity contribution in [2.24, 2.45) is 22.2 Å². The first kappa shape index (κ1) is 20.7. The standard InChI is InChI=1S/C32H31N3O2/c1-29(2)21-13-14-30(29,3)25(18-21)33-27(36)34-23-10-11-24(35(34)28(33)37)32-17-16-31(23,32)15-12-20-9-8-19-6-4-5-7-22(19)26(20)32/h4-12,15-17,21,23-25H,13-14,18H2,1-3H3/t21-,23-,24-,25-,30+,31+,32-/m1/s1. The third kappa shape index (κ3) is 1.85. The molecule has 2 aromatic carbocycles. The van der Waals surface area contributed by atoms with Crippen molar-refractivity contribution in [3.05, 3.63) is 98.9 Å². The van der Waals surface area contributed by atoms with Gasteiger partial charge in [0.1, 0.15) is 0 Å². The molecule has 10 rings (SSSR count). The lowest BCUT2D eigenvalue weighted by molar-refractivity contribution is 0.0448. The van der Waals surface area contributed by atoms with Crippen LogP contribution in [0.1, 0.15) is 69.3 Å². The molecule has 0 saturated heterocycles. The van der Waals surface area contributed by atoms with Crippen LogP contribution in [0.4, 0.5) is 0 Å². The fourth-order valence-corrected chi connectivity index (χ4v) is 9.90. The molecule has 5 aliphatic carbocycles. The molecular weight excluding hydrogens is 458 g/mol. The van der Waals surface area contributed by atoms with Gasteiger partial charge in [0.25, 0.3) is 0 Å². The Morgan fingerprint density at radius 1 is 0.865 bits per heavy atom. The van der Waals surface area contributed by atoms with E-state index >= 15 is 0 Å². The van der Waals surface area contributed by atoms with Gasteiger partial charge in [-0.05, 0) is 57.9 Å². The summed E-state index contributed by atoms with van der Waals surface area (Å²) in [5.41, 5.74) is 1.61. The maximum absolute atomic E-state index is 14.4. The van der Waals surface area contributed by atoms with Crippen molar-refractivity contribution in [1.82, 2.24) is 13.9 Å². The van der Waals surface area contributed by atoms with Gasteiger partial charge in [-0.15, -0.1) is 0 Å². The van der Waals surface area contributed by atoms with Gasteiger partial charge in [0.15, 0.2) is 0 Å². The molecule has 37 heavy (non-hydrogen) atoms. The molecule has 5 nitrogen and oxygen atoms in total. The van der Waals surface area contributed by atoms with Crippen LogP contribution in [-0.4, -0.2) is 13.9 Å². The van der Waals surface area contributed by atoms with Gasteiger partial charge in [-0.2, -0.15) is 0 Å². The lowest BCUT2D eigenvalue weighted by Gasteiger charge is -2.65. The summed E-state index contributed by atoms with van der Waals surface area (Å²) in [7, 11) is 0. The first-order valence-corrected chi connectivity index (χ1v) is 13.8. The predicted molar refractivity (Wildman–Crippen MR) is 145 cm³/mol. The maximum atomic E-state index is 14.4. The normalized spacial score (nSPS) is 40.4. The monoisotopic (exact) mass is 489 g/mol. The minimum absolute atomic E-state index is 0.0439. The number of benzene rings is 2.